The van der Waals surface area contributed by atoms with Crippen LogP contribution in [0.3, 0.4) is 0 Å². The van der Waals surface area contributed by atoms with E-state index in [9.17, 15) is 4.79 Å². The van der Waals surface area contributed by atoms with Crippen molar-refractivity contribution in [3.63, 3.8) is 0 Å². The molecule has 1 saturated heterocycles. The quantitative estimate of drug-likeness (QED) is 0.648. The van der Waals surface area contributed by atoms with Gasteiger partial charge in [-0.15, -0.1) is 0 Å². The summed E-state index contributed by atoms with van der Waals surface area (Å²) in [5, 5.41) is 0. The van der Waals surface area contributed by atoms with Gasteiger partial charge in [0.15, 0.2) is 0 Å². The van der Waals surface area contributed by atoms with Crippen LogP contribution in [0.2, 0.25) is 0 Å². The van der Waals surface area contributed by atoms with Gasteiger partial charge in [0.25, 0.3) is 5.91 Å². The van der Waals surface area contributed by atoms with Crippen LogP contribution in [0.4, 0.5) is 0 Å². The lowest BCUT2D eigenvalue weighted by atomic mass is 10.3. The summed E-state index contributed by atoms with van der Waals surface area (Å²) in [7, 11) is 0. The first-order valence-corrected chi connectivity index (χ1v) is 5.20. The molecular formula is C10H19NO2. The Morgan fingerprint density at radius 2 is 2.31 bits per heavy atom. The van der Waals surface area contributed by atoms with Crippen molar-refractivity contribution in [3.05, 3.63) is 0 Å². The molecule has 0 aromatic rings. The Kier molecular flexibility index (Phi) is 4.22. The summed E-state index contributed by atoms with van der Waals surface area (Å²) in [6, 6.07) is 0. The van der Waals surface area contributed by atoms with Gasteiger partial charge >= 0.3 is 0 Å². The van der Waals surface area contributed by atoms with Gasteiger partial charge in [-0.1, -0.05) is 13.3 Å². The number of nitrogens with zero attached hydrogens (tertiary/aromatic N) is 1. The van der Waals surface area contributed by atoms with E-state index in [1.165, 1.54) is 0 Å². The molecule has 3 heteroatoms. The first-order valence-electron chi connectivity index (χ1n) is 5.20. The Labute approximate surface area is 80.1 Å². The third kappa shape index (κ3) is 2.69. The average molecular weight is 185 g/mol. The van der Waals surface area contributed by atoms with Gasteiger partial charge in [-0.25, -0.2) is 0 Å². The van der Waals surface area contributed by atoms with E-state index in [0.29, 0.717) is 6.61 Å². The number of carbonyl (C=O) groups is 1. The summed E-state index contributed by atoms with van der Waals surface area (Å²) in [6.45, 7) is 6.49. The molecule has 1 unspecified atom stereocenters. The minimum atomic E-state index is -0.151. The highest BCUT2D eigenvalue weighted by Crippen LogP contribution is 2.14. The second-order valence-electron chi connectivity index (χ2n) is 3.41. The van der Waals surface area contributed by atoms with Crippen molar-refractivity contribution >= 4 is 5.91 Å². The highest BCUT2D eigenvalue weighted by molar-refractivity contribution is 5.82. The first-order chi connectivity index (χ1) is 6.29. The summed E-state index contributed by atoms with van der Waals surface area (Å²) in [4.78, 5) is 13.5. The van der Waals surface area contributed by atoms with Crippen molar-refractivity contribution in [2.24, 2.45) is 0 Å². The molecular weight excluding hydrogens is 166 g/mol. The third-order valence-electron chi connectivity index (χ3n) is 2.40. The fourth-order valence-electron chi connectivity index (χ4n) is 1.64. The average Bonchev–Trinajstić information content (AvgIpc) is 2.46. The second-order valence-corrected chi connectivity index (χ2v) is 3.41. The van der Waals surface area contributed by atoms with Crippen molar-refractivity contribution in [2.75, 3.05) is 19.7 Å². The van der Waals surface area contributed by atoms with E-state index < -0.39 is 0 Å². The minimum absolute atomic E-state index is 0.151. The fraction of sp³-hybridized carbons (Fsp3) is 0.900. The van der Waals surface area contributed by atoms with E-state index in [-0.39, 0.29) is 12.0 Å². The predicted octanol–water partition coefficient (Wildman–Crippen LogP) is 1.42. The zero-order chi connectivity index (χ0) is 9.68. The van der Waals surface area contributed by atoms with Crippen LogP contribution in [0, 0.1) is 0 Å². The smallest absolute Gasteiger partial charge is 0.251 e. The van der Waals surface area contributed by atoms with Gasteiger partial charge in [0, 0.05) is 26.1 Å². The normalized spacial score (nSPS) is 22.8. The number of unbranched alkanes of at least 4 members (excludes halogenated alkanes) is 1. The standard InChI is InChI=1S/C10H19NO2/c1-3-5-7-11-8-6-9(10(11)12)13-4-2/h9H,3-8H2,1-2H3. The highest BCUT2D eigenvalue weighted by Gasteiger charge is 2.31. The summed E-state index contributed by atoms with van der Waals surface area (Å²) < 4.78 is 5.33. The number of rotatable bonds is 5. The van der Waals surface area contributed by atoms with E-state index in [4.69, 9.17) is 4.74 Å². The molecule has 0 aromatic heterocycles. The van der Waals surface area contributed by atoms with Crippen molar-refractivity contribution in [2.45, 2.75) is 39.2 Å². The van der Waals surface area contributed by atoms with Gasteiger partial charge in [0.05, 0.1) is 0 Å². The Bertz CT molecular complexity index is 170. The molecule has 0 N–H and O–H groups in total. The molecule has 1 fully saturated rings. The number of amides is 1. The van der Waals surface area contributed by atoms with Crippen LogP contribution >= 0.6 is 0 Å². The van der Waals surface area contributed by atoms with Gasteiger partial charge in [-0.05, 0) is 13.3 Å². The maximum Gasteiger partial charge on any atom is 0.251 e. The molecule has 0 aliphatic carbocycles. The number of carbonyl (C=O) groups excluding carboxylic acids is 1. The van der Waals surface area contributed by atoms with E-state index in [1.807, 2.05) is 11.8 Å². The maximum absolute atomic E-state index is 11.6. The van der Waals surface area contributed by atoms with E-state index in [2.05, 4.69) is 6.92 Å². The molecule has 0 radical (unpaired) electrons. The van der Waals surface area contributed by atoms with Gasteiger partial charge in [-0.3, -0.25) is 4.79 Å². The van der Waals surface area contributed by atoms with Crippen LogP contribution in [0.15, 0.2) is 0 Å². The van der Waals surface area contributed by atoms with Crippen LogP contribution < -0.4 is 0 Å². The molecule has 1 rings (SSSR count). The molecule has 13 heavy (non-hydrogen) atoms. The van der Waals surface area contributed by atoms with E-state index in [1.54, 1.807) is 0 Å². The van der Waals surface area contributed by atoms with Crippen LogP contribution in [-0.4, -0.2) is 36.6 Å². The second kappa shape index (κ2) is 5.22. The third-order valence-corrected chi connectivity index (χ3v) is 2.40. The van der Waals surface area contributed by atoms with Crippen LogP contribution in [-0.2, 0) is 9.53 Å². The summed E-state index contributed by atoms with van der Waals surface area (Å²) in [5.74, 6) is 0.190. The largest absolute Gasteiger partial charge is 0.369 e. The Morgan fingerprint density at radius 3 is 2.92 bits per heavy atom. The molecule has 76 valence electrons. The molecule has 0 saturated carbocycles. The van der Waals surface area contributed by atoms with E-state index >= 15 is 0 Å². The zero-order valence-corrected chi connectivity index (χ0v) is 8.58. The summed E-state index contributed by atoms with van der Waals surface area (Å²) in [5.41, 5.74) is 0. The van der Waals surface area contributed by atoms with Gasteiger partial charge in [0.1, 0.15) is 6.10 Å². The monoisotopic (exact) mass is 185 g/mol. The van der Waals surface area contributed by atoms with Crippen molar-refractivity contribution in [3.8, 4) is 0 Å². The molecule has 0 spiro atoms. The van der Waals surface area contributed by atoms with Gasteiger partial charge in [-0.2, -0.15) is 0 Å². The number of ether oxygens (including phenoxy) is 1. The molecule has 1 aliphatic heterocycles. The lowest BCUT2D eigenvalue weighted by molar-refractivity contribution is -0.137. The zero-order valence-electron chi connectivity index (χ0n) is 8.58. The van der Waals surface area contributed by atoms with Crippen molar-refractivity contribution in [1.29, 1.82) is 0 Å². The Morgan fingerprint density at radius 1 is 1.54 bits per heavy atom. The number of hydrogen-bond donors (Lipinski definition) is 0. The van der Waals surface area contributed by atoms with Crippen LogP contribution in [0.25, 0.3) is 0 Å². The summed E-state index contributed by atoms with van der Waals surface area (Å²) in [6.07, 6.45) is 2.96. The lowest BCUT2D eigenvalue weighted by Gasteiger charge is -2.15. The molecule has 1 amide bonds. The lowest BCUT2D eigenvalue weighted by Crippen LogP contribution is -2.31. The molecule has 1 atom stereocenters. The fourth-order valence-corrected chi connectivity index (χ4v) is 1.64. The Hall–Kier alpha value is -0.570. The minimum Gasteiger partial charge on any atom is -0.369 e. The molecule has 1 aliphatic rings. The van der Waals surface area contributed by atoms with Crippen LogP contribution in [0.1, 0.15) is 33.1 Å². The van der Waals surface area contributed by atoms with Gasteiger partial charge < -0.3 is 9.64 Å². The molecule has 0 aromatic carbocycles. The maximum atomic E-state index is 11.6. The molecule has 3 nitrogen and oxygen atoms in total. The van der Waals surface area contributed by atoms with E-state index in [0.717, 1.165) is 32.4 Å². The van der Waals surface area contributed by atoms with Crippen molar-refractivity contribution in [1.82, 2.24) is 4.90 Å². The van der Waals surface area contributed by atoms with Crippen LogP contribution in [0.5, 0.6) is 0 Å². The van der Waals surface area contributed by atoms with Crippen molar-refractivity contribution < 1.29 is 9.53 Å². The molecule has 1 heterocycles. The predicted molar refractivity (Wildman–Crippen MR) is 51.5 cm³/mol. The van der Waals surface area contributed by atoms with Gasteiger partial charge in [0.2, 0.25) is 0 Å². The summed E-state index contributed by atoms with van der Waals surface area (Å²) >= 11 is 0. The highest BCUT2D eigenvalue weighted by atomic mass is 16.5. The molecule has 0 bridgehead atoms. The topological polar surface area (TPSA) is 29.5 Å². The number of hydrogen-bond acceptors (Lipinski definition) is 2. The Balaban J connectivity index is 2.32. The number of likely N-dealkylation sites (tertiary alicyclic amines) is 1. The SMILES string of the molecule is CCCCN1CCC(OCC)C1=O. The first kappa shape index (κ1) is 10.5.